The van der Waals surface area contributed by atoms with Gasteiger partial charge in [0.15, 0.2) is 11.6 Å². The number of carbonyl (C=O) groups is 3. The summed E-state index contributed by atoms with van der Waals surface area (Å²) in [5.41, 5.74) is 1.05. The molecular formula is C30H25FN4O6. The van der Waals surface area contributed by atoms with Gasteiger partial charge in [-0.1, -0.05) is 17.7 Å². The van der Waals surface area contributed by atoms with Crippen LogP contribution in [0.4, 0.5) is 10.1 Å². The average Bonchev–Trinajstić information content (AvgIpc) is 3.79. The molecule has 11 heteroatoms. The second kappa shape index (κ2) is 9.89. The number of carboxylic acids is 1. The predicted molar refractivity (Wildman–Crippen MR) is 146 cm³/mol. The first-order valence-electron chi connectivity index (χ1n) is 13.2. The van der Waals surface area contributed by atoms with E-state index in [-0.39, 0.29) is 29.4 Å². The Kier molecular flexibility index (Phi) is 6.33. The van der Waals surface area contributed by atoms with Crippen LogP contribution in [0.1, 0.15) is 62.8 Å². The van der Waals surface area contributed by atoms with E-state index in [1.54, 1.807) is 33.7 Å². The third-order valence-electron chi connectivity index (χ3n) is 8.01. The summed E-state index contributed by atoms with van der Waals surface area (Å²) in [5.74, 6) is -2.81. The van der Waals surface area contributed by atoms with Gasteiger partial charge in [-0.25, -0.2) is 9.18 Å². The number of halogens is 1. The van der Waals surface area contributed by atoms with Crippen LogP contribution in [-0.2, 0) is 0 Å². The van der Waals surface area contributed by atoms with Gasteiger partial charge in [0.25, 0.3) is 11.8 Å². The van der Waals surface area contributed by atoms with Crippen LogP contribution in [0.5, 0.6) is 5.75 Å². The number of nitriles is 1. The molecule has 0 radical (unpaired) electrons. The molecule has 0 unspecified atom stereocenters. The normalized spacial score (nSPS) is 16.7. The fourth-order valence-corrected chi connectivity index (χ4v) is 5.79. The maximum Gasteiger partial charge on any atom is 0.341 e. The van der Waals surface area contributed by atoms with E-state index in [9.17, 15) is 29.5 Å². The van der Waals surface area contributed by atoms with Crippen molar-refractivity contribution >= 4 is 34.4 Å². The number of aromatic nitrogens is 1. The molecule has 10 nitrogen and oxygen atoms in total. The number of piperidine rings is 1. The number of ether oxygens (including phenoxy) is 1. The van der Waals surface area contributed by atoms with Crippen LogP contribution in [0, 0.1) is 17.1 Å². The number of rotatable bonds is 6. The Balaban J connectivity index is 1.32. The highest BCUT2D eigenvalue weighted by Gasteiger charge is 2.36. The Morgan fingerprint density at radius 1 is 1.12 bits per heavy atom. The molecule has 0 bridgehead atoms. The van der Waals surface area contributed by atoms with Crippen molar-refractivity contribution in [2.45, 2.75) is 31.7 Å². The minimum atomic E-state index is -1.38. The molecule has 1 aliphatic carbocycles. The molecule has 1 aromatic heterocycles. The van der Waals surface area contributed by atoms with Crippen LogP contribution in [-0.4, -0.2) is 59.1 Å². The highest BCUT2D eigenvalue weighted by molar-refractivity contribution is 6.21. The molecule has 0 atom stereocenters. The number of methoxy groups -OCH3 is 1. The molecule has 2 fully saturated rings. The van der Waals surface area contributed by atoms with Crippen molar-refractivity contribution in [1.29, 1.82) is 5.26 Å². The third kappa shape index (κ3) is 4.23. The molecule has 0 spiro atoms. The number of fused-ring (bicyclic) bond motifs is 2. The van der Waals surface area contributed by atoms with Crippen LogP contribution < -0.4 is 15.1 Å². The minimum Gasteiger partial charge on any atom is -0.492 e. The van der Waals surface area contributed by atoms with E-state index in [2.05, 4.69) is 6.07 Å². The Bertz CT molecular complexity index is 1750. The van der Waals surface area contributed by atoms with Gasteiger partial charge in [0, 0.05) is 30.9 Å². The number of benzene rings is 2. The number of carbonyl (C=O) groups excluding carboxylic acids is 2. The van der Waals surface area contributed by atoms with Crippen molar-refractivity contribution in [3.63, 3.8) is 0 Å². The molecule has 2 amide bonds. The molecule has 2 aliphatic heterocycles. The van der Waals surface area contributed by atoms with Gasteiger partial charge in [-0.05, 0) is 43.9 Å². The average molecular weight is 557 g/mol. The highest BCUT2D eigenvalue weighted by atomic mass is 19.1. The first kappa shape index (κ1) is 26.3. The van der Waals surface area contributed by atoms with Gasteiger partial charge >= 0.3 is 5.97 Å². The summed E-state index contributed by atoms with van der Waals surface area (Å²) in [6.45, 7) is 0.510. The lowest BCUT2D eigenvalue weighted by atomic mass is 9.97. The summed E-state index contributed by atoms with van der Waals surface area (Å²) in [6.07, 6.45) is 3.69. The minimum absolute atomic E-state index is 0.0142. The summed E-state index contributed by atoms with van der Waals surface area (Å²) in [4.78, 5) is 53.2. The fraction of sp³-hybridized carbons (Fsp3) is 0.300. The first-order chi connectivity index (χ1) is 19.7. The zero-order valence-corrected chi connectivity index (χ0v) is 22.1. The topological polar surface area (TPSA) is 133 Å². The molecule has 1 saturated heterocycles. The number of imide groups is 1. The van der Waals surface area contributed by atoms with E-state index in [1.165, 1.54) is 13.3 Å². The quantitative estimate of drug-likeness (QED) is 0.357. The van der Waals surface area contributed by atoms with Gasteiger partial charge in [-0.15, -0.1) is 0 Å². The Hall–Kier alpha value is -4.98. The summed E-state index contributed by atoms with van der Waals surface area (Å²) >= 11 is 0. The van der Waals surface area contributed by atoms with E-state index in [0.717, 1.165) is 29.4 Å². The van der Waals surface area contributed by atoms with Gasteiger partial charge in [0.2, 0.25) is 5.43 Å². The van der Waals surface area contributed by atoms with Crippen LogP contribution in [0.15, 0.2) is 52.5 Å². The Morgan fingerprint density at radius 2 is 1.76 bits per heavy atom. The molecule has 3 aliphatic rings. The van der Waals surface area contributed by atoms with Gasteiger partial charge < -0.3 is 19.3 Å². The molecule has 208 valence electrons. The smallest absolute Gasteiger partial charge is 0.341 e. The molecule has 1 N–H and O–H groups in total. The maximum absolute atomic E-state index is 15.7. The lowest BCUT2D eigenvalue weighted by molar-refractivity contribution is 0.0663. The van der Waals surface area contributed by atoms with Gasteiger partial charge in [-0.2, -0.15) is 5.26 Å². The first-order valence-corrected chi connectivity index (χ1v) is 13.2. The second-order valence-corrected chi connectivity index (χ2v) is 10.4. The van der Waals surface area contributed by atoms with Gasteiger partial charge in [0.05, 0.1) is 41.8 Å². The van der Waals surface area contributed by atoms with Crippen LogP contribution in [0.2, 0.25) is 0 Å². The Labute approximate surface area is 233 Å². The standard InChI is InChI=1S/C30H25FN4O6/c1-41-27-24-21(26(36)22(30(39)40)15-34(24)18-6-7-18)12-23(31)25(27)33-10-8-16(9-11-33)17(13-32)14-35-28(37)19-4-2-3-5-20(19)29(35)38/h2-5,12,15,18H,6-11,14H2,1H3,(H,39,40). The van der Waals surface area contributed by atoms with Crippen molar-refractivity contribution in [1.82, 2.24) is 9.47 Å². The lowest BCUT2D eigenvalue weighted by Gasteiger charge is -2.33. The predicted octanol–water partition coefficient (Wildman–Crippen LogP) is 3.90. The largest absolute Gasteiger partial charge is 0.492 e. The molecular weight excluding hydrogens is 531 g/mol. The van der Waals surface area contributed by atoms with Crippen molar-refractivity contribution in [3.05, 3.63) is 80.4 Å². The molecule has 3 aromatic rings. The number of nitrogens with zero attached hydrogens (tertiary/aromatic N) is 4. The van der Waals surface area contributed by atoms with E-state index in [4.69, 9.17) is 4.74 Å². The summed E-state index contributed by atoms with van der Waals surface area (Å²) in [5, 5.41) is 19.4. The molecule has 3 heterocycles. The fourth-order valence-electron chi connectivity index (χ4n) is 5.79. The van der Waals surface area contributed by atoms with E-state index >= 15 is 4.39 Å². The zero-order valence-electron chi connectivity index (χ0n) is 22.1. The van der Waals surface area contributed by atoms with Crippen LogP contribution >= 0.6 is 0 Å². The molecule has 6 rings (SSSR count). The van der Waals surface area contributed by atoms with E-state index in [1.807, 2.05) is 0 Å². The van der Waals surface area contributed by atoms with Crippen LogP contribution in [0.3, 0.4) is 0 Å². The Morgan fingerprint density at radius 3 is 2.29 bits per heavy atom. The maximum atomic E-state index is 15.7. The number of hydrogen-bond acceptors (Lipinski definition) is 7. The summed E-state index contributed by atoms with van der Waals surface area (Å²) in [7, 11) is 1.38. The monoisotopic (exact) mass is 556 g/mol. The van der Waals surface area contributed by atoms with E-state index in [0.29, 0.717) is 48.1 Å². The van der Waals surface area contributed by atoms with E-state index < -0.39 is 34.6 Å². The number of anilines is 1. The summed E-state index contributed by atoms with van der Waals surface area (Å²) in [6, 6.07) is 9.76. The number of pyridine rings is 1. The van der Waals surface area contributed by atoms with Gasteiger partial charge in [0.1, 0.15) is 11.3 Å². The SMILES string of the molecule is COc1c(N2CCC(=C(C#N)CN3C(=O)c4ccccc4C3=O)CC2)c(F)cc2c(=O)c(C(=O)O)cn(C3CC3)c12. The third-order valence-corrected chi connectivity index (χ3v) is 8.01. The van der Waals surface area contributed by atoms with Crippen molar-refractivity contribution in [2.75, 3.05) is 31.6 Å². The second-order valence-electron chi connectivity index (χ2n) is 10.4. The van der Waals surface area contributed by atoms with Crippen LogP contribution in [0.25, 0.3) is 10.9 Å². The zero-order chi connectivity index (χ0) is 29.0. The highest BCUT2D eigenvalue weighted by Crippen LogP contribution is 2.44. The number of aromatic carboxylic acids is 1. The molecule has 1 saturated carbocycles. The van der Waals surface area contributed by atoms with Crippen molar-refractivity contribution in [3.8, 4) is 11.8 Å². The van der Waals surface area contributed by atoms with Crippen molar-refractivity contribution in [2.24, 2.45) is 0 Å². The molecule has 41 heavy (non-hydrogen) atoms. The summed E-state index contributed by atoms with van der Waals surface area (Å²) < 4.78 is 23.0. The van der Waals surface area contributed by atoms with Gasteiger partial charge in [-0.3, -0.25) is 19.3 Å². The number of hydrogen-bond donors (Lipinski definition) is 1. The molecule has 2 aromatic carbocycles. The van der Waals surface area contributed by atoms with Crippen molar-refractivity contribution < 1.29 is 28.6 Å². The number of carboxylic acid groups (broad SMARTS) is 1. The number of amides is 2. The lowest BCUT2D eigenvalue weighted by Crippen LogP contribution is -2.35.